The summed E-state index contributed by atoms with van der Waals surface area (Å²) in [6.07, 6.45) is 3.69. The normalized spacial score (nSPS) is 19.3. The monoisotopic (exact) mass is 394 g/mol. The highest BCUT2D eigenvalue weighted by molar-refractivity contribution is 7.80. The Hall–Kier alpha value is -2.73. The lowest BCUT2D eigenvalue weighted by Gasteiger charge is -2.30. The van der Waals surface area contributed by atoms with Gasteiger partial charge in [0.05, 0.1) is 23.5 Å². The highest BCUT2D eigenvalue weighted by Crippen LogP contribution is 2.40. The number of benzene rings is 1. The molecule has 0 radical (unpaired) electrons. The van der Waals surface area contributed by atoms with E-state index < -0.39 is 0 Å². The van der Waals surface area contributed by atoms with Gasteiger partial charge in [-0.1, -0.05) is 32.0 Å². The third-order valence-electron chi connectivity index (χ3n) is 4.95. The lowest BCUT2D eigenvalue weighted by atomic mass is 10.0. The van der Waals surface area contributed by atoms with Gasteiger partial charge in [0, 0.05) is 24.6 Å². The maximum absolute atomic E-state index is 14.5. The Labute approximate surface area is 170 Å². The first kappa shape index (κ1) is 18.6. The van der Waals surface area contributed by atoms with Gasteiger partial charge in [0.15, 0.2) is 5.11 Å². The van der Waals surface area contributed by atoms with Gasteiger partial charge in [0.25, 0.3) is 0 Å². The average molecular weight is 395 g/mol. The molecule has 3 aromatic rings. The number of pyridine rings is 1. The quantitative estimate of drug-likeness (QED) is 0.639. The van der Waals surface area contributed by atoms with E-state index in [4.69, 9.17) is 12.2 Å². The van der Waals surface area contributed by atoms with Crippen molar-refractivity contribution in [2.45, 2.75) is 25.9 Å². The smallest absolute Gasteiger partial charge is 0.170 e. The topological polar surface area (TPSA) is 33.1 Å². The van der Waals surface area contributed by atoms with Crippen LogP contribution in [-0.2, 0) is 0 Å². The van der Waals surface area contributed by atoms with Crippen LogP contribution in [0, 0.1) is 11.7 Å². The number of aromatic nitrogens is 2. The molecule has 0 unspecified atom stereocenters. The molecule has 6 heteroatoms. The predicted octanol–water partition coefficient (Wildman–Crippen LogP) is 4.64. The van der Waals surface area contributed by atoms with E-state index in [0.717, 1.165) is 17.9 Å². The van der Waals surface area contributed by atoms with E-state index >= 15 is 0 Å². The average Bonchev–Trinajstić information content (AvgIpc) is 3.27. The summed E-state index contributed by atoms with van der Waals surface area (Å²) in [5.74, 6) is 0.180. The standard InChI is InChI=1S/C22H23FN4S/c1-15(2)14-27-21(20(25-22(27)28)17-9-5-6-12-24-17)19-11-7-13-26(19)18-10-4-3-8-16(18)23/h3-13,15,20-21H,14H2,1-2H3,(H,25,28)/t20-,21-/m0/s1. The number of halogens is 1. The molecule has 0 amide bonds. The third-order valence-corrected chi connectivity index (χ3v) is 5.31. The number of hydrogen-bond acceptors (Lipinski definition) is 2. The zero-order valence-corrected chi connectivity index (χ0v) is 16.7. The second-order valence-corrected chi connectivity index (χ2v) is 7.81. The van der Waals surface area contributed by atoms with E-state index in [1.165, 1.54) is 6.07 Å². The molecular weight excluding hydrogens is 371 g/mol. The fourth-order valence-corrected chi connectivity index (χ4v) is 4.13. The Morgan fingerprint density at radius 3 is 2.61 bits per heavy atom. The largest absolute Gasteiger partial charge is 0.352 e. The maximum Gasteiger partial charge on any atom is 0.170 e. The van der Waals surface area contributed by atoms with Crippen LogP contribution in [0.15, 0.2) is 67.0 Å². The third kappa shape index (κ3) is 3.40. The maximum atomic E-state index is 14.5. The molecule has 0 aliphatic carbocycles. The number of thiocarbonyl (C=S) groups is 1. The first-order chi connectivity index (χ1) is 13.6. The Morgan fingerprint density at radius 1 is 1.11 bits per heavy atom. The van der Waals surface area contributed by atoms with Gasteiger partial charge in [-0.2, -0.15) is 0 Å². The van der Waals surface area contributed by atoms with Gasteiger partial charge in [-0.25, -0.2) is 4.39 Å². The van der Waals surface area contributed by atoms with Crippen molar-refractivity contribution >= 4 is 17.3 Å². The van der Waals surface area contributed by atoms with Gasteiger partial charge in [0.2, 0.25) is 0 Å². The van der Waals surface area contributed by atoms with Crippen molar-refractivity contribution in [3.8, 4) is 5.69 Å². The van der Waals surface area contributed by atoms with Crippen molar-refractivity contribution in [2.24, 2.45) is 5.92 Å². The summed E-state index contributed by atoms with van der Waals surface area (Å²) >= 11 is 5.68. The number of hydrogen-bond donors (Lipinski definition) is 1. The molecule has 1 aromatic carbocycles. The van der Waals surface area contributed by atoms with Crippen molar-refractivity contribution in [1.29, 1.82) is 0 Å². The molecule has 4 nitrogen and oxygen atoms in total. The van der Waals surface area contributed by atoms with Crippen LogP contribution < -0.4 is 5.32 Å². The van der Waals surface area contributed by atoms with Crippen LogP contribution in [0.3, 0.4) is 0 Å². The van der Waals surface area contributed by atoms with Gasteiger partial charge in [-0.3, -0.25) is 4.98 Å². The van der Waals surface area contributed by atoms with Crippen LogP contribution in [0.2, 0.25) is 0 Å². The SMILES string of the molecule is CC(C)CN1C(=S)N[C@@H](c2ccccn2)[C@@H]1c1cccn1-c1ccccc1F. The molecule has 2 atom stereocenters. The van der Waals surface area contributed by atoms with E-state index in [1.807, 2.05) is 47.2 Å². The Kier molecular flexibility index (Phi) is 5.13. The molecule has 28 heavy (non-hydrogen) atoms. The Balaban J connectivity index is 1.83. The molecule has 0 spiro atoms. The van der Waals surface area contributed by atoms with Crippen molar-refractivity contribution < 1.29 is 4.39 Å². The zero-order valence-electron chi connectivity index (χ0n) is 15.9. The predicted molar refractivity (Wildman–Crippen MR) is 113 cm³/mol. The molecule has 0 bridgehead atoms. The van der Waals surface area contributed by atoms with E-state index in [9.17, 15) is 4.39 Å². The molecule has 3 heterocycles. The molecule has 4 rings (SSSR count). The Bertz CT molecular complexity index is 969. The lowest BCUT2D eigenvalue weighted by Crippen LogP contribution is -2.33. The number of nitrogens with zero attached hydrogens (tertiary/aromatic N) is 3. The molecular formula is C22H23FN4S. The second-order valence-electron chi connectivity index (χ2n) is 7.43. The summed E-state index contributed by atoms with van der Waals surface area (Å²) in [6, 6.07) is 16.5. The van der Waals surface area contributed by atoms with Crippen LogP contribution in [0.5, 0.6) is 0 Å². The fraction of sp³-hybridized carbons (Fsp3) is 0.273. The van der Waals surface area contributed by atoms with Crippen LogP contribution >= 0.6 is 12.2 Å². The first-order valence-corrected chi connectivity index (χ1v) is 9.87. The molecule has 1 saturated heterocycles. The zero-order chi connectivity index (χ0) is 19.7. The minimum absolute atomic E-state index is 0.0839. The number of rotatable bonds is 5. The number of para-hydroxylation sites is 1. The van der Waals surface area contributed by atoms with E-state index in [2.05, 4.69) is 29.0 Å². The summed E-state index contributed by atoms with van der Waals surface area (Å²) in [4.78, 5) is 6.76. The number of nitrogens with one attached hydrogen (secondary N) is 1. The van der Waals surface area contributed by atoms with Gasteiger partial charge in [-0.15, -0.1) is 0 Å². The summed E-state index contributed by atoms with van der Waals surface area (Å²) in [7, 11) is 0. The molecule has 1 aliphatic rings. The Morgan fingerprint density at radius 2 is 1.89 bits per heavy atom. The van der Waals surface area contributed by atoms with Crippen molar-refractivity contribution in [3.63, 3.8) is 0 Å². The molecule has 1 N–H and O–H groups in total. The van der Waals surface area contributed by atoms with Crippen LogP contribution in [0.25, 0.3) is 5.69 Å². The van der Waals surface area contributed by atoms with Gasteiger partial charge >= 0.3 is 0 Å². The van der Waals surface area contributed by atoms with Crippen molar-refractivity contribution in [2.75, 3.05) is 6.54 Å². The summed E-state index contributed by atoms with van der Waals surface area (Å²) < 4.78 is 16.5. The highest BCUT2D eigenvalue weighted by Gasteiger charge is 2.41. The van der Waals surface area contributed by atoms with Gasteiger partial charge in [0.1, 0.15) is 5.82 Å². The molecule has 0 saturated carbocycles. The van der Waals surface area contributed by atoms with Crippen molar-refractivity contribution in [1.82, 2.24) is 19.8 Å². The highest BCUT2D eigenvalue weighted by atomic mass is 32.1. The van der Waals surface area contributed by atoms with E-state index in [-0.39, 0.29) is 17.9 Å². The minimum atomic E-state index is -0.252. The second kappa shape index (κ2) is 7.72. The minimum Gasteiger partial charge on any atom is -0.352 e. The van der Waals surface area contributed by atoms with Crippen molar-refractivity contribution in [3.05, 3.63) is 84.2 Å². The molecule has 1 fully saturated rings. The van der Waals surface area contributed by atoms with E-state index in [0.29, 0.717) is 16.7 Å². The van der Waals surface area contributed by atoms with Crippen LogP contribution in [0.1, 0.15) is 37.3 Å². The molecule has 144 valence electrons. The van der Waals surface area contributed by atoms with E-state index in [1.54, 1.807) is 18.3 Å². The first-order valence-electron chi connectivity index (χ1n) is 9.46. The fourth-order valence-electron chi connectivity index (χ4n) is 3.82. The van der Waals surface area contributed by atoms with Crippen LogP contribution in [0.4, 0.5) is 4.39 Å². The lowest BCUT2D eigenvalue weighted by molar-refractivity contribution is 0.280. The van der Waals surface area contributed by atoms with Gasteiger partial charge < -0.3 is 14.8 Å². The van der Waals surface area contributed by atoms with Gasteiger partial charge in [-0.05, 0) is 54.5 Å². The summed E-state index contributed by atoms with van der Waals surface area (Å²) in [6.45, 7) is 5.15. The summed E-state index contributed by atoms with van der Waals surface area (Å²) in [5, 5.41) is 4.15. The molecule has 1 aliphatic heterocycles. The van der Waals surface area contributed by atoms with Crippen LogP contribution in [-0.4, -0.2) is 26.1 Å². The summed E-state index contributed by atoms with van der Waals surface area (Å²) in [5.41, 5.74) is 2.43. The molecule has 2 aromatic heterocycles.